The van der Waals surface area contributed by atoms with Gasteiger partial charge in [-0.15, -0.1) is 0 Å². The zero-order valence-electron chi connectivity index (χ0n) is 11.3. The van der Waals surface area contributed by atoms with Gasteiger partial charge >= 0.3 is 5.97 Å². The van der Waals surface area contributed by atoms with E-state index in [4.69, 9.17) is 9.84 Å². The minimum absolute atomic E-state index is 0.0128. The zero-order valence-corrected chi connectivity index (χ0v) is 11.3. The maximum absolute atomic E-state index is 11.2. The summed E-state index contributed by atoms with van der Waals surface area (Å²) >= 11 is 0. The summed E-state index contributed by atoms with van der Waals surface area (Å²) < 4.78 is 5.77. The number of benzene rings is 1. The van der Waals surface area contributed by atoms with Gasteiger partial charge < -0.3 is 9.84 Å². The average molecular weight is 277 g/mol. The van der Waals surface area contributed by atoms with Crippen molar-refractivity contribution in [3.05, 3.63) is 33.4 Å². The topological polar surface area (TPSA) is 89.7 Å². The van der Waals surface area contributed by atoms with Crippen molar-refractivity contribution in [1.29, 1.82) is 0 Å². The van der Waals surface area contributed by atoms with Gasteiger partial charge in [-0.05, 0) is 26.3 Å². The Hall–Kier alpha value is -2.11. The van der Waals surface area contributed by atoms with Gasteiger partial charge in [0.25, 0.3) is 5.69 Å². The Kier molecular flexibility index (Phi) is 2.54. The molecule has 2 atom stereocenters. The summed E-state index contributed by atoms with van der Waals surface area (Å²) in [5, 5.41) is 20.2. The van der Waals surface area contributed by atoms with Crippen molar-refractivity contribution in [1.82, 2.24) is 0 Å². The number of hydrogen-bond donors (Lipinski definition) is 1. The van der Waals surface area contributed by atoms with E-state index < -0.39 is 16.8 Å². The number of aliphatic carboxylic acids is 1. The summed E-state index contributed by atoms with van der Waals surface area (Å²) in [6, 6.07) is 3.20. The van der Waals surface area contributed by atoms with E-state index in [1.807, 2.05) is 13.8 Å². The lowest BCUT2D eigenvalue weighted by Gasteiger charge is -2.16. The first-order valence-electron chi connectivity index (χ1n) is 6.51. The quantitative estimate of drug-likeness (QED) is 0.677. The number of nitro benzene ring substituents is 1. The van der Waals surface area contributed by atoms with Crippen LogP contribution in [0.3, 0.4) is 0 Å². The Morgan fingerprint density at radius 2 is 2.20 bits per heavy atom. The van der Waals surface area contributed by atoms with Gasteiger partial charge in [-0.25, -0.2) is 0 Å². The van der Waals surface area contributed by atoms with Crippen molar-refractivity contribution in [2.24, 2.45) is 5.92 Å². The highest BCUT2D eigenvalue weighted by atomic mass is 16.6. The Morgan fingerprint density at radius 1 is 1.50 bits per heavy atom. The molecule has 20 heavy (non-hydrogen) atoms. The van der Waals surface area contributed by atoms with Crippen LogP contribution in [0, 0.1) is 16.0 Å². The van der Waals surface area contributed by atoms with Crippen LogP contribution in [-0.4, -0.2) is 21.6 Å². The second kappa shape index (κ2) is 3.94. The number of hydrogen-bond acceptors (Lipinski definition) is 4. The molecule has 1 aromatic carbocycles. The second-order valence-electron chi connectivity index (χ2n) is 6.10. The molecule has 6 nitrogen and oxygen atoms in total. The van der Waals surface area contributed by atoms with Crippen molar-refractivity contribution in [2.45, 2.75) is 38.2 Å². The predicted octanol–water partition coefficient (Wildman–Crippen LogP) is 2.50. The normalized spacial score (nSPS) is 25.7. The van der Waals surface area contributed by atoms with Crippen LogP contribution < -0.4 is 4.74 Å². The monoisotopic (exact) mass is 277 g/mol. The maximum atomic E-state index is 11.2. The highest BCUT2D eigenvalue weighted by Gasteiger charge is 2.48. The highest BCUT2D eigenvalue weighted by Crippen LogP contribution is 2.52. The summed E-state index contributed by atoms with van der Waals surface area (Å²) in [5.74, 6) is -1.04. The Labute approximate surface area is 115 Å². The summed E-state index contributed by atoms with van der Waals surface area (Å²) in [7, 11) is 0. The molecule has 106 valence electrons. The molecule has 1 saturated carbocycles. The molecule has 0 spiro atoms. The van der Waals surface area contributed by atoms with Gasteiger partial charge in [-0.3, -0.25) is 14.9 Å². The molecule has 1 fully saturated rings. The van der Waals surface area contributed by atoms with Gasteiger partial charge in [0.15, 0.2) is 0 Å². The number of ether oxygens (including phenoxy) is 1. The number of nitrogens with zero attached hydrogens (tertiary/aromatic N) is 1. The number of carboxylic acids is 1. The molecule has 0 bridgehead atoms. The number of nitro groups is 1. The van der Waals surface area contributed by atoms with E-state index in [0.29, 0.717) is 24.2 Å². The molecule has 2 aliphatic rings. The van der Waals surface area contributed by atoms with Crippen molar-refractivity contribution in [2.75, 3.05) is 0 Å². The lowest BCUT2D eigenvalue weighted by molar-refractivity contribution is -0.385. The van der Waals surface area contributed by atoms with Crippen LogP contribution in [0.2, 0.25) is 0 Å². The van der Waals surface area contributed by atoms with Crippen LogP contribution in [0.25, 0.3) is 0 Å². The first-order chi connectivity index (χ1) is 9.28. The molecule has 3 rings (SSSR count). The highest BCUT2D eigenvalue weighted by molar-refractivity contribution is 5.76. The first-order valence-corrected chi connectivity index (χ1v) is 6.51. The molecule has 1 aromatic rings. The van der Waals surface area contributed by atoms with Crippen LogP contribution in [0.4, 0.5) is 5.69 Å². The summed E-state index contributed by atoms with van der Waals surface area (Å²) in [4.78, 5) is 21.7. The van der Waals surface area contributed by atoms with Crippen LogP contribution in [0.1, 0.15) is 37.3 Å². The minimum Gasteiger partial charge on any atom is -0.487 e. The molecule has 1 heterocycles. The zero-order chi connectivity index (χ0) is 14.7. The van der Waals surface area contributed by atoms with E-state index >= 15 is 0 Å². The fraction of sp³-hybridized carbons (Fsp3) is 0.500. The summed E-state index contributed by atoms with van der Waals surface area (Å²) in [5.41, 5.74) is 0.945. The standard InChI is InChI=1S/C14H15NO5/c1-14(2)6-7-3-11(15(18)19)9(5-12(7)20-14)8-4-10(8)13(16)17/h3,5,8,10H,4,6H2,1-2H3,(H,16,17)/t8-,10+/m0/s1. The predicted molar refractivity (Wildman–Crippen MR) is 70.0 cm³/mol. The minimum atomic E-state index is -0.897. The summed E-state index contributed by atoms with van der Waals surface area (Å²) in [6.45, 7) is 3.85. The molecule has 6 heteroatoms. The van der Waals surface area contributed by atoms with E-state index in [9.17, 15) is 14.9 Å². The van der Waals surface area contributed by atoms with Crippen LogP contribution in [0.5, 0.6) is 5.75 Å². The van der Waals surface area contributed by atoms with Crippen LogP contribution in [0.15, 0.2) is 12.1 Å². The maximum Gasteiger partial charge on any atom is 0.307 e. The van der Waals surface area contributed by atoms with E-state index in [-0.39, 0.29) is 17.2 Å². The summed E-state index contributed by atoms with van der Waals surface area (Å²) in [6.07, 6.45) is 1.08. The molecule has 1 N–H and O–H groups in total. The van der Waals surface area contributed by atoms with Crippen LogP contribution in [-0.2, 0) is 11.2 Å². The smallest absolute Gasteiger partial charge is 0.307 e. The second-order valence-corrected chi connectivity index (χ2v) is 6.10. The van der Waals surface area contributed by atoms with Crippen molar-refractivity contribution >= 4 is 11.7 Å². The average Bonchev–Trinajstić information content (AvgIpc) is 3.04. The number of fused-ring (bicyclic) bond motifs is 1. The third kappa shape index (κ3) is 2.01. The lowest BCUT2D eigenvalue weighted by Crippen LogP contribution is -2.24. The SMILES string of the molecule is CC1(C)Cc2cc([N+](=O)[O-])c([C@@H]3C[C@H]3C(=O)O)cc2O1. The fourth-order valence-electron chi connectivity index (χ4n) is 2.92. The van der Waals surface area contributed by atoms with Crippen molar-refractivity contribution < 1.29 is 19.6 Å². The number of rotatable bonds is 3. The van der Waals surface area contributed by atoms with E-state index in [2.05, 4.69) is 0 Å². The van der Waals surface area contributed by atoms with Crippen LogP contribution >= 0.6 is 0 Å². The third-order valence-corrected chi connectivity index (χ3v) is 3.92. The fourth-order valence-corrected chi connectivity index (χ4v) is 2.92. The molecule has 0 aromatic heterocycles. The first kappa shape index (κ1) is 12.9. The molecule has 0 amide bonds. The molecule has 1 aliphatic heterocycles. The number of carbonyl (C=O) groups is 1. The Balaban J connectivity index is 2.03. The molecule has 0 saturated heterocycles. The van der Waals surface area contributed by atoms with Gasteiger partial charge in [0, 0.05) is 29.5 Å². The molecule has 0 radical (unpaired) electrons. The molecular formula is C14H15NO5. The Bertz CT molecular complexity index is 622. The van der Waals surface area contributed by atoms with E-state index in [1.165, 1.54) is 6.07 Å². The van der Waals surface area contributed by atoms with Gasteiger partial charge in [0.05, 0.1) is 10.8 Å². The molecule has 1 aliphatic carbocycles. The van der Waals surface area contributed by atoms with Gasteiger partial charge in [0.1, 0.15) is 11.4 Å². The Morgan fingerprint density at radius 3 is 2.75 bits per heavy atom. The molecule has 0 unspecified atom stereocenters. The number of carboxylic acid groups (broad SMARTS) is 1. The molecular weight excluding hydrogens is 262 g/mol. The van der Waals surface area contributed by atoms with Gasteiger partial charge in [-0.1, -0.05) is 0 Å². The van der Waals surface area contributed by atoms with E-state index in [0.717, 1.165) is 5.56 Å². The third-order valence-electron chi connectivity index (χ3n) is 3.92. The van der Waals surface area contributed by atoms with Gasteiger partial charge in [0.2, 0.25) is 0 Å². The largest absolute Gasteiger partial charge is 0.487 e. The van der Waals surface area contributed by atoms with Crippen molar-refractivity contribution in [3.63, 3.8) is 0 Å². The van der Waals surface area contributed by atoms with E-state index in [1.54, 1.807) is 6.07 Å². The van der Waals surface area contributed by atoms with Gasteiger partial charge in [-0.2, -0.15) is 0 Å². The lowest BCUT2D eigenvalue weighted by atomic mass is 9.98. The van der Waals surface area contributed by atoms with Crippen molar-refractivity contribution in [3.8, 4) is 5.75 Å².